The lowest BCUT2D eigenvalue weighted by molar-refractivity contribution is 0.243. The van der Waals surface area contributed by atoms with Crippen molar-refractivity contribution in [2.75, 3.05) is 18.6 Å². The first-order valence-electron chi connectivity index (χ1n) is 6.00. The molecule has 0 radical (unpaired) electrons. The molecule has 1 rings (SSSR count). The highest BCUT2D eigenvalue weighted by Gasteiger charge is 2.24. The number of rotatable bonds is 5. The largest absolute Gasteiger partial charge is 0.313 e. The second kappa shape index (κ2) is 6.73. The van der Waals surface area contributed by atoms with Gasteiger partial charge in [-0.2, -0.15) is 11.8 Å². The molecule has 0 saturated heterocycles. The highest BCUT2D eigenvalue weighted by atomic mass is 32.2. The number of hydrogen-bond donors (Lipinski definition) is 1. The second-order valence-corrected chi connectivity index (χ2v) is 5.55. The van der Waals surface area contributed by atoms with Crippen LogP contribution in [0.15, 0.2) is 0 Å². The van der Waals surface area contributed by atoms with E-state index in [-0.39, 0.29) is 0 Å². The summed E-state index contributed by atoms with van der Waals surface area (Å²) in [6.45, 7) is 5.74. The molecule has 0 aromatic heterocycles. The van der Waals surface area contributed by atoms with Crippen LogP contribution in [0, 0.1) is 11.8 Å². The Morgan fingerprint density at radius 2 is 1.93 bits per heavy atom. The topological polar surface area (TPSA) is 12.0 Å². The van der Waals surface area contributed by atoms with E-state index in [9.17, 15) is 0 Å². The van der Waals surface area contributed by atoms with Gasteiger partial charge in [0.05, 0.1) is 0 Å². The highest BCUT2D eigenvalue weighted by Crippen LogP contribution is 2.31. The van der Waals surface area contributed by atoms with E-state index in [2.05, 4.69) is 25.4 Å². The molecule has 0 spiro atoms. The Hall–Kier alpha value is 0.310. The molecule has 1 atom stereocenters. The van der Waals surface area contributed by atoms with Crippen LogP contribution in [-0.4, -0.2) is 24.6 Å². The maximum Gasteiger partial charge on any atom is 0.0186 e. The molecule has 1 saturated carbocycles. The minimum atomic E-state index is 0.766. The molecule has 84 valence electrons. The van der Waals surface area contributed by atoms with Gasteiger partial charge in [0, 0.05) is 11.8 Å². The van der Waals surface area contributed by atoms with E-state index in [0.717, 1.165) is 24.4 Å². The summed E-state index contributed by atoms with van der Waals surface area (Å²) in [5, 5.41) is 3.65. The maximum atomic E-state index is 3.65. The minimum Gasteiger partial charge on any atom is -0.313 e. The summed E-state index contributed by atoms with van der Waals surface area (Å²) in [5.74, 6) is 3.20. The van der Waals surface area contributed by atoms with Crippen LogP contribution in [0.2, 0.25) is 0 Å². The van der Waals surface area contributed by atoms with Crippen LogP contribution < -0.4 is 5.32 Å². The van der Waals surface area contributed by atoms with E-state index in [0.29, 0.717) is 0 Å². The second-order valence-electron chi connectivity index (χ2n) is 4.64. The Morgan fingerprint density at radius 3 is 2.43 bits per heavy atom. The molecule has 0 amide bonds. The monoisotopic (exact) mass is 215 g/mol. The molecule has 0 heterocycles. The molecule has 2 heteroatoms. The zero-order valence-electron chi connectivity index (χ0n) is 9.88. The van der Waals surface area contributed by atoms with E-state index >= 15 is 0 Å². The van der Waals surface area contributed by atoms with Gasteiger partial charge in [-0.1, -0.05) is 26.7 Å². The molecule has 0 aliphatic heterocycles. The fraction of sp³-hybridized carbons (Fsp3) is 1.00. The zero-order chi connectivity index (χ0) is 10.4. The van der Waals surface area contributed by atoms with E-state index in [1.807, 2.05) is 11.8 Å². The van der Waals surface area contributed by atoms with Crippen molar-refractivity contribution < 1.29 is 0 Å². The Kier molecular flexibility index (Phi) is 5.95. The molecule has 1 aliphatic rings. The smallest absolute Gasteiger partial charge is 0.0186 e. The van der Waals surface area contributed by atoms with Gasteiger partial charge in [0.2, 0.25) is 0 Å². The molecule has 0 aromatic carbocycles. The molecule has 1 N–H and O–H groups in total. The van der Waals surface area contributed by atoms with Gasteiger partial charge < -0.3 is 5.32 Å². The lowest BCUT2D eigenvalue weighted by Crippen LogP contribution is -2.39. The standard InChI is InChI=1S/C12H25NS/c1-4-13-12(9-14-3)11-7-5-10(2)6-8-11/h10-13H,4-9H2,1-3H3. The van der Waals surface area contributed by atoms with Gasteiger partial charge in [0.1, 0.15) is 0 Å². The van der Waals surface area contributed by atoms with E-state index < -0.39 is 0 Å². The van der Waals surface area contributed by atoms with Gasteiger partial charge in [-0.05, 0) is 37.5 Å². The van der Waals surface area contributed by atoms with E-state index in [1.54, 1.807) is 0 Å². The lowest BCUT2D eigenvalue weighted by atomic mass is 9.79. The zero-order valence-corrected chi connectivity index (χ0v) is 10.7. The van der Waals surface area contributed by atoms with Crippen molar-refractivity contribution in [3.63, 3.8) is 0 Å². The van der Waals surface area contributed by atoms with Crippen LogP contribution in [0.5, 0.6) is 0 Å². The Labute approximate surface area is 93.4 Å². The van der Waals surface area contributed by atoms with Crippen molar-refractivity contribution in [3.8, 4) is 0 Å². The number of thioether (sulfide) groups is 1. The van der Waals surface area contributed by atoms with Gasteiger partial charge in [-0.3, -0.25) is 0 Å². The fourth-order valence-electron chi connectivity index (χ4n) is 2.49. The van der Waals surface area contributed by atoms with Gasteiger partial charge in [-0.15, -0.1) is 0 Å². The van der Waals surface area contributed by atoms with Crippen LogP contribution in [0.25, 0.3) is 0 Å². The molecule has 1 nitrogen and oxygen atoms in total. The van der Waals surface area contributed by atoms with Crippen molar-refractivity contribution in [3.05, 3.63) is 0 Å². The van der Waals surface area contributed by atoms with Crippen LogP contribution >= 0.6 is 11.8 Å². The van der Waals surface area contributed by atoms with Crippen molar-refractivity contribution in [1.29, 1.82) is 0 Å². The Balaban J connectivity index is 2.34. The lowest BCUT2D eigenvalue weighted by Gasteiger charge is -2.32. The third kappa shape index (κ3) is 3.82. The molecule has 1 aliphatic carbocycles. The van der Waals surface area contributed by atoms with Gasteiger partial charge in [0.25, 0.3) is 0 Å². The molecule has 0 bridgehead atoms. The summed E-state index contributed by atoms with van der Waals surface area (Å²) >= 11 is 1.98. The molecular formula is C12H25NS. The van der Waals surface area contributed by atoms with Gasteiger partial charge in [0.15, 0.2) is 0 Å². The summed E-state index contributed by atoms with van der Waals surface area (Å²) in [7, 11) is 0. The predicted octanol–water partition coefficient (Wildman–Crippen LogP) is 3.15. The van der Waals surface area contributed by atoms with Crippen LogP contribution in [0.3, 0.4) is 0 Å². The van der Waals surface area contributed by atoms with Crippen LogP contribution in [0.4, 0.5) is 0 Å². The third-order valence-corrected chi connectivity index (χ3v) is 4.13. The maximum absolute atomic E-state index is 3.65. The summed E-state index contributed by atoms with van der Waals surface area (Å²) < 4.78 is 0. The van der Waals surface area contributed by atoms with Crippen LogP contribution in [-0.2, 0) is 0 Å². The molecule has 14 heavy (non-hydrogen) atoms. The fourth-order valence-corrected chi connectivity index (χ4v) is 3.24. The van der Waals surface area contributed by atoms with Crippen molar-refractivity contribution in [1.82, 2.24) is 5.32 Å². The molecular weight excluding hydrogens is 190 g/mol. The average Bonchev–Trinajstić information content (AvgIpc) is 2.19. The summed E-state index contributed by atoms with van der Waals surface area (Å²) in [6, 6.07) is 0.766. The predicted molar refractivity (Wildman–Crippen MR) is 67.0 cm³/mol. The van der Waals surface area contributed by atoms with Crippen molar-refractivity contribution in [2.24, 2.45) is 11.8 Å². The van der Waals surface area contributed by atoms with Crippen LogP contribution in [0.1, 0.15) is 39.5 Å². The van der Waals surface area contributed by atoms with Gasteiger partial charge in [-0.25, -0.2) is 0 Å². The first kappa shape index (κ1) is 12.4. The summed E-state index contributed by atoms with van der Waals surface area (Å²) in [4.78, 5) is 0. The normalized spacial score (nSPS) is 30.2. The minimum absolute atomic E-state index is 0.766. The van der Waals surface area contributed by atoms with E-state index in [1.165, 1.54) is 31.4 Å². The molecule has 0 aromatic rings. The third-order valence-electron chi connectivity index (χ3n) is 3.44. The quantitative estimate of drug-likeness (QED) is 0.756. The van der Waals surface area contributed by atoms with Crippen molar-refractivity contribution in [2.45, 2.75) is 45.6 Å². The molecule has 1 fully saturated rings. The van der Waals surface area contributed by atoms with Crippen molar-refractivity contribution >= 4 is 11.8 Å². The Morgan fingerprint density at radius 1 is 1.29 bits per heavy atom. The van der Waals surface area contributed by atoms with E-state index in [4.69, 9.17) is 0 Å². The first-order chi connectivity index (χ1) is 6.77. The Bertz CT molecular complexity index is 135. The number of hydrogen-bond acceptors (Lipinski definition) is 2. The summed E-state index contributed by atoms with van der Waals surface area (Å²) in [5.41, 5.74) is 0. The first-order valence-corrected chi connectivity index (χ1v) is 7.39. The SMILES string of the molecule is CCNC(CSC)C1CCC(C)CC1. The average molecular weight is 215 g/mol. The summed E-state index contributed by atoms with van der Waals surface area (Å²) in [6.07, 6.45) is 8.00. The van der Waals surface area contributed by atoms with Gasteiger partial charge >= 0.3 is 0 Å². The number of nitrogens with one attached hydrogen (secondary N) is 1. The highest BCUT2D eigenvalue weighted by molar-refractivity contribution is 7.98. The molecule has 1 unspecified atom stereocenters.